The summed E-state index contributed by atoms with van der Waals surface area (Å²) in [6, 6.07) is 23.0. The smallest absolute Gasteiger partial charge is 0.403 e. The molecule has 69 heavy (non-hydrogen) atoms. The Kier molecular flexibility index (Phi) is 26.5. The Morgan fingerprint density at radius 3 is 1.26 bits per heavy atom. The van der Waals surface area contributed by atoms with Crippen LogP contribution in [-0.4, -0.2) is 72.3 Å². The molecule has 13 nitrogen and oxygen atoms in total. The third-order valence-corrected chi connectivity index (χ3v) is 10.2. The van der Waals surface area contributed by atoms with Gasteiger partial charge in [0.05, 0.1) is 54.0 Å². The minimum atomic E-state index is -0.723. The van der Waals surface area contributed by atoms with E-state index in [1.807, 2.05) is 91.8 Å². The first-order valence-electron chi connectivity index (χ1n) is 23.0. The molecule has 4 rings (SSSR count). The number of anilines is 1. The Morgan fingerprint density at radius 2 is 0.928 bits per heavy atom. The van der Waals surface area contributed by atoms with Gasteiger partial charge in [-0.25, -0.2) is 4.79 Å². The van der Waals surface area contributed by atoms with Gasteiger partial charge in [-0.2, -0.15) is 0 Å². The zero-order valence-corrected chi connectivity index (χ0v) is 43.6. The molecular formula is C53H68Cl3N3O10. The van der Waals surface area contributed by atoms with Gasteiger partial charge >= 0.3 is 11.4 Å². The molecule has 0 radical (unpaired) electrons. The lowest BCUT2D eigenvalue weighted by Crippen LogP contribution is -2.42. The average molecular weight is 1010 g/mol. The normalized spacial score (nSPS) is 11.6. The van der Waals surface area contributed by atoms with Crippen molar-refractivity contribution in [3.05, 3.63) is 123 Å². The Hall–Kier alpha value is -5.63. The van der Waals surface area contributed by atoms with Crippen molar-refractivity contribution in [3.63, 3.8) is 0 Å². The zero-order chi connectivity index (χ0) is 51.8. The molecule has 4 aromatic rings. The van der Waals surface area contributed by atoms with Crippen molar-refractivity contribution in [1.29, 1.82) is 0 Å². The van der Waals surface area contributed by atoms with E-state index < -0.39 is 17.5 Å². The highest BCUT2D eigenvalue weighted by Crippen LogP contribution is 2.28. The van der Waals surface area contributed by atoms with Crippen LogP contribution in [0, 0.1) is 11.8 Å². The number of nitrogens with two attached hydrogens (primary N) is 1. The van der Waals surface area contributed by atoms with Gasteiger partial charge in [-0.05, 0) is 118 Å². The van der Waals surface area contributed by atoms with Gasteiger partial charge in [0.25, 0.3) is 11.8 Å². The van der Waals surface area contributed by atoms with Crippen molar-refractivity contribution in [1.82, 2.24) is 10.6 Å². The first kappa shape index (κ1) is 59.5. The fourth-order valence-electron chi connectivity index (χ4n) is 6.08. The summed E-state index contributed by atoms with van der Waals surface area (Å²) in [5.41, 5.74) is 8.99. The molecule has 0 heterocycles. The van der Waals surface area contributed by atoms with E-state index >= 15 is 0 Å². The summed E-state index contributed by atoms with van der Waals surface area (Å²) in [5, 5.41) is 6.34. The summed E-state index contributed by atoms with van der Waals surface area (Å²) in [6.45, 7) is 19.8. The zero-order valence-electron chi connectivity index (χ0n) is 41.3. The summed E-state index contributed by atoms with van der Waals surface area (Å²) in [6.07, 6.45) is 1.52. The number of hydrogen-bond donors (Lipinski definition) is 3. The number of halogens is 3. The Balaban J connectivity index is 0.000000416. The molecule has 4 aromatic carbocycles. The van der Waals surface area contributed by atoms with Crippen LogP contribution in [0.5, 0.6) is 11.5 Å². The van der Waals surface area contributed by atoms with E-state index in [0.717, 1.165) is 16.7 Å². The van der Waals surface area contributed by atoms with E-state index in [9.17, 15) is 28.8 Å². The third-order valence-electron chi connectivity index (χ3n) is 9.54. The van der Waals surface area contributed by atoms with Crippen molar-refractivity contribution in [2.45, 2.75) is 126 Å². The number of rotatable bonds is 22. The third kappa shape index (κ3) is 23.5. The number of nitrogens with one attached hydrogen (secondary N) is 2. The van der Waals surface area contributed by atoms with E-state index in [4.69, 9.17) is 54.7 Å². The maximum atomic E-state index is 12.8. The Labute approximate surface area is 422 Å². The van der Waals surface area contributed by atoms with Gasteiger partial charge in [-0.3, -0.25) is 24.0 Å². The van der Waals surface area contributed by atoms with E-state index in [-0.39, 0.29) is 53.9 Å². The van der Waals surface area contributed by atoms with Gasteiger partial charge < -0.3 is 35.3 Å². The standard InChI is InChI=1S/C27H34ClNO5.C21H25ClN2O3.C5H9ClO2/c1-6-24(30)23(29-27(32)21-11-12-25(22(28)15-21)34-18(4)5)13-19-7-9-20(10-8-19)14-26(31)33-16-17(2)3;1-4-19(25)18(11-14-5-8-16(23)9-6-14)24-21(26)15-7-10-20(17(22)12-15)27-13(2)3;1-4(2)3-8-5(6)7/h7-12,15,17-18,23H,6,13-14,16H2,1-5H3,(H,29,32);5-10,12-13,18H,4,11,23H2,1-3H3,(H,24,26);4H,3H2,1-2H3. The summed E-state index contributed by atoms with van der Waals surface area (Å²) in [7, 11) is 0. The van der Waals surface area contributed by atoms with Crippen molar-refractivity contribution < 1.29 is 47.7 Å². The molecule has 0 aliphatic rings. The lowest BCUT2D eigenvalue weighted by molar-refractivity contribution is -0.143. The number of benzene rings is 4. The minimum Gasteiger partial charge on any atom is -0.489 e. The van der Waals surface area contributed by atoms with Gasteiger partial charge in [-0.15, -0.1) is 0 Å². The van der Waals surface area contributed by atoms with E-state index in [0.29, 0.717) is 83.2 Å². The Bertz CT molecular complexity index is 2280. The van der Waals surface area contributed by atoms with Crippen LogP contribution < -0.4 is 25.8 Å². The summed E-state index contributed by atoms with van der Waals surface area (Å²) < 4.78 is 20.8. The fraction of sp³-hybridized carbons (Fsp3) is 0.434. The fourth-order valence-corrected chi connectivity index (χ4v) is 6.59. The van der Waals surface area contributed by atoms with Crippen LogP contribution in [0.4, 0.5) is 10.5 Å². The topological polar surface area (TPSA) is 189 Å². The maximum Gasteiger partial charge on any atom is 0.403 e. The summed E-state index contributed by atoms with van der Waals surface area (Å²) >= 11 is 17.3. The molecule has 0 aromatic heterocycles. The first-order chi connectivity index (χ1) is 32.5. The van der Waals surface area contributed by atoms with Crippen molar-refractivity contribution in [2.24, 2.45) is 11.8 Å². The van der Waals surface area contributed by atoms with Crippen LogP contribution in [0.3, 0.4) is 0 Å². The quantitative estimate of drug-likeness (QED) is 0.0386. The van der Waals surface area contributed by atoms with Crippen LogP contribution >= 0.6 is 34.8 Å². The molecule has 0 fully saturated rings. The lowest BCUT2D eigenvalue weighted by atomic mass is 9.99. The van der Waals surface area contributed by atoms with Crippen LogP contribution in [0.15, 0.2) is 84.9 Å². The largest absolute Gasteiger partial charge is 0.489 e. The predicted octanol–water partition coefficient (Wildman–Crippen LogP) is 11.2. The second-order valence-electron chi connectivity index (χ2n) is 17.5. The number of amides is 2. The van der Waals surface area contributed by atoms with E-state index in [2.05, 4.69) is 15.4 Å². The molecule has 2 unspecified atom stereocenters. The van der Waals surface area contributed by atoms with Crippen LogP contribution in [0.25, 0.3) is 0 Å². The van der Waals surface area contributed by atoms with Gasteiger partial charge in [0, 0.05) is 41.3 Å². The molecule has 376 valence electrons. The predicted molar refractivity (Wildman–Crippen MR) is 274 cm³/mol. The summed E-state index contributed by atoms with van der Waals surface area (Å²) in [4.78, 5) is 72.1. The van der Waals surface area contributed by atoms with Gasteiger partial charge in [-0.1, -0.05) is 101 Å². The molecule has 0 aliphatic carbocycles. The molecule has 2 amide bonds. The highest BCUT2D eigenvalue weighted by Gasteiger charge is 2.23. The average Bonchev–Trinajstić information content (AvgIpc) is 3.29. The number of carbonyl (C=O) groups excluding carboxylic acids is 6. The molecule has 4 N–H and O–H groups in total. The van der Waals surface area contributed by atoms with E-state index in [1.165, 1.54) is 6.07 Å². The number of hydrogen-bond acceptors (Lipinski definition) is 11. The van der Waals surface area contributed by atoms with Gasteiger partial charge in [0.15, 0.2) is 11.6 Å². The van der Waals surface area contributed by atoms with Crippen molar-refractivity contribution >= 4 is 75.3 Å². The maximum absolute atomic E-state index is 12.8. The van der Waals surface area contributed by atoms with Crippen molar-refractivity contribution in [2.75, 3.05) is 18.9 Å². The number of nitrogen functional groups attached to an aromatic ring is 1. The second kappa shape index (κ2) is 30.8. The first-order valence-corrected chi connectivity index (χ1v) is 24.1. The Morgan fingerprint density at radius 1 is 0.551 bits per heavy atom. The van der Waals surface area contributed by atoms with Crippen LogP contribution in [-0.2, 0) is 43.1 Å². The molecule has 16 heteroatoms. The second-order valence-corrected chi connectivity index (χ2v) is 18.6. The highest BCUT2D eigenvalue weighted by molar-refractivity contribution is 6.61. The molecule has 0 bridgehead atoms. The molecule has 0 saturated carbocycles. The number of carbonyl (C=O) groups is 6. The number of ketones is 2. The van der Waals surface area contributed by atoms with E-state index in [1.54, 1.807) is 56.3 Å². The molecule has 2 atom stereocenters. The number of ether oxygens (including phenoxy) is 4. The lowest BCUT2D eigenvalue weighted by Gasteiger charge is -2.18. The monoisotopic (exact) mass is 1010 g/mol. The molecule has 0 spiro atoms. The minimum absolute atomic E-state index is 0.0198. The molecular weight excluding hydrogens is 945 g/mol. The number of esters is 1. The number of Topliss-reactive ketones (excluding diaryl/α,β-unsaturated/α-hetero) is 2. The van der Waals surface area contributed by atoms with Crippen LogP contribution in [0.1, 0.15) is 119 Å². The molecule has 0 saturated heterocycles. The van der Waals surface area contributed by atoms with Crippen molar-refractivity contribution in [3.8, 4) is 11.5 Å². The van der Waals surface area contributed by atoms with Crippen LogP contribution in [0.2, 0.25) is 10.0 Å². The van der Waals surface area contributed by atoms with Gasteiger partial charge in [0.1, 0.15) is 11.5 Å². The molecule has 0 aliphatic heterocycles. The highest BCUT2D eigenvalue weighted by atomic mass is 35.5. The van der Waals surface area contributed by atoms with Gasteiger partial charge in [0.2, 0.25) is 0 Å². The summed E-state index contributed by atoms with van der Waals surface area (Å²) in [5.74, 6) is 0.566. The SMILES string of the molecule is CC(C)COC(=O)Cl.CCC(=O)C(Cc1ccc(CC(=O)OCC(C)C)cc1)NC(=O)c1ccc(OC(C)C)c(Cl)c1.CCC(=O)C(Cc1ccc(N)cc1)NC(=O)c1ccc(OC(C)C)c(Cl)c1.